The smallest absolute Gasteiger partial charge is 0.272 e. The van der Waals surface area contributed by atoms with Crippen LogP contribution in [0, 0.1) is 11.8 Å². The van der Waals surface area contributed by atoms with Crippen molar-refractivity contribution in [3.05, 3.63) is 42.2 Å². The molecule has 3 aromatic rings. The van der Waals surface area contributed by atoms with Gasteiger partial charge in [-0.05, 0) is 75.1 Å². The lowest BCUT2D eigenvalue weighted by Crippen LogP contribution is -2.41. The SMILES string of the molecule is COc1ccc(-c2ccnc3cc(C(=O)N[C@H]4CC[C@H](C(=O)NCCCCC5CCOCC5)CC4)nn23)cc1OC. The summed E-state index contributed by atoms with van der Waals surface area (Å²) in [5.41, 5.74) is 2.53. The van der Waals surface area contributed by atoms with Gasteiger partial charge in [-0.2, -0.15) is 5.10 Å². The molecular formula is C31H41N5O5. The Morgan fingerprint density at radius 3 is 2.51 bits per heavy atom. The Labute approximate surface area is 241 Å². The molecule has 1 aliphatic heterocycles. The van der Waals surface area contributed by atoms with Gasteiger partial charge in [0.15, 0.2) is 22.8 Å². The molecule has 1 saturated carbocycles. The molecule has 2 amide bonds. The number of aromatic nitrogens is 3. The third-order valence-electron chi connectivity index (χ3n) is 8.38. The summed E-state index contributed by atoms with van der Waals surface area (Å²) < 4.78 is 17.9. The molecule has 2 aromatic heterocycles. The third-order valence-corrected chi connectivity index (χ3v) is 8.38. The van der Waals surface area contributed by atoms with E-state index in [1.807, 2.05) is 24.3 Å². The predicted octanol–water partition coefficient (Wildman–Crippen LogP) is 4.42. The summed E-state index contributed by atoms with van der Waals surface area (Å²) in [6.45, 7) is 2.52. The maximum absolute atomic E-state index is 13.1. The highest BCUT2D eigenvalue weighted by Gasteiger charge is 2.28. The summed E-state index contributed by atoms with van der Waals surface area (Å²) in [5, 5.41) is 10.8. The van der Waals surface area contributed by atoms with E-state index in [0.29, 0.717) is 22.8 Å². The lowest BCUT2D eigenvalue weighted by Gasteiger charge is -2.28. The van der Waals surface area contributed by atoms with Gasteiger partial charge in [0.1, 0.15) is 0 Å². The topological polar surface area (TPSA) is 116 Å². The molecule has 41 heavy (non-hydrogen) atoms. The van der Waals surface area contributed by atoms with Gasteiger partial charge < -0.3 is 24.8 Å². The number of methoxy groups -OCH3 is 2. The Morgan fingerprint density at radius 2 is 1.76 bits per heavy atom. The highest BCUT2D eigenvalue weighted by molar-refractivity contribution is 5.93. The van der Waals surface area contributed by atoms with Crippen LogP contribution < -0.4 is 20.1 Å². The number of amides is 2. The van der Waals surface area contributed by atoms with Crippen LogP contribution in [0.4, 0.5) is 0 Å². The first kappa shape index (κ1) is 28.9. The van der Waals surface area contributed by atoms with Crippen LogP contribution >= 0.6 is 0 Å². The first-order valence-corrected chi connectivity index (χ1v) is 14.8. The summed E-state index contributed by atoms with van der Waals surface area (Å²) in [5.74, 6) is 1.95. The highest BCUT2D eigenvalue weighted by atomic mass is 16.5. The van der Waals surface area contributed by atoms with Gasteiger partial charge in [0.25, 0.3) is 5.91 Å². The van der Waals surface area contributed by atoms with E-state index in [-0.39, 0.29) is 23.8 Å². The second kappa shape index (κ2) is 13.8. The second-order valence-corrected chi connectivity index (χ2v) is 11.1. The van der Waals surface area contributed by atoms with Crippen molar-refractivity contribution < 1.29 is 23.8 Å². The number of nitrogens with one attached hydrogen (secondary N) is 2. The average Bonchev–Trinajstić information content (AvgIpc) is 3.46. The zero-order valence-corrected chi connectivity index (χ0v) is 24.1. The number of hydrogen-bond donors (Lipinski definition) is 2. The van der Waals surface area contributed by atoms with E-state index in [4.69, 9.17) is 14.2 Å². The molecular weight excluding hydrogens is 522 g/mol. The Bertz CT molecular complexity index is 1330. The average molecular weight is 564 g/mol. The van der Waals surface area contributed by atoms with E-state index in [9.17, 15) is 9.59 Å². The number of benzene rings is 1. The first-order valence-electron chi connectivity index (χ1n) is 14.8. The van der Waals surface area contributed by atoms with E-state index in [1.54, 1.807) is 31.0 Å². The number of carbonyl (C=O) groups excluding carboxylic acids is 2. The second-order valence-electron chi connectivity index (χ2n) is 11.1. The molecule has 0 atom stereocenters. The number of nitrogens with zero attached hydrogens (tertiary/aromatic N) is 3. The van der Waals surface area contributed by atoms with Crippen molar-refractivity contribution in [1.29, 1.82) is 0 Å². The van der Waals surface area contributed by atoms with Crippen LogP contribution in [0.15, 0.2) is 36.5 Å². The summed E-state index contributed by atoms with van der Waals surface area (Å²) in [7, 11) is 3.19. The molecule has 0 radical (unpaired) electrons. The van der Waals surface area contributed by atoms with Crippen LogP contribution in [0.25, 0.3) is 16.9 Å². The van der Waals surface area contributed by atoms with Crippen molar-refractivity contribution in [3.63, 3.8) is 0 Å². The van der Waals surface area contributed by atoms with Crippen LogP contribution in [0.2, 0.25) is 0 Å². The van der Waals surface area contributed by atoms with E-state index in [0.717, 1.165) is 75.5 Å². The molecule has 1 aromatic carbocycles. The summed E-state index contributed by atoms with van der Waals surface area (Å²) >= 11 is 0. The minimum absolute atomic E-state index is 0.0158. The first-order chi connectivity index (χ1) is 20.1. The number of hydrogen-bond acceptors (Lipinski definition) is 7. The molecule has 10 nitrogen and oxygen atoms in total. The minimum atomic E-state index is -0.230. The van der Waals surface area contributed by atoms with Crippen LogP contribution in [0.5, 0.6) is 11.5 Å². The van der Waals surface area contributed by atoms with Gasteiger partial charge in [0, 0.05) is 49.5 Å². The number of rotatable bonds is 11. The highest BCUT2D eigenvalue weighted by Crippen LogP contribution is 2.32. The minimum Gasteiger partial charge on any atom is -0.493 e. The lowest BCUT2D eigenvalue weighted by atomic mass is 9.85. The van der Waals surface area contributed by atoms with Crippen molar-refractivity contribution in [1.82, 2.24) is 25.2 Å². The van der Waals surface area contributed by atoms with Gasteiger partial charge >= 0.3 is 0 Å². The molecule has 1 aliphatic carbocycles. The molecule has 0 unspecified atom stereocenters. The van der Waals surface area contributed by atoms with E-state index >= 15 is 0 Å². The maximum Gasteiger partial charge on any atom is 0.272 e. The van der Waals surface area contributed by atoms with Gasteiger partial charge in [-0.3, -0.25) is 9.59 Å². The standard InChI is InChI=1S/C31H41N5O5/c1-39-27-11-8-23(19-28(27)40-2)26-12-16-32-29-20-25(35-36(26)29)31(38)34-24-9-6-22(7-10-24)30(37)33-15-4-3-5-21-13-17-41-18-14-21/h8,11-12,16,19-22,24H,3-7,9-10,13-15,17-18H2,1-2H3,(H,33,37)(H,34,38)/t22-,24-. The molecule has 2 N–H and O–H groups in total. The van der Waals surface area contributed by atoms with Gasteiger partial charge in [-0.15, -0.1) is 0 Å². The molecule has 220 valence electrons. The Kier molecular flexibility index (Phi) is 9.71. The number of carbonyl (C=O) groups is 2. The quantitative estimate of drug-likeness (QED) is 0.332. The predicted molar refractivity (Wildman–Crippen MR) is 155 cm³/mol. The Hall–Kier alpha value is -3.66. The molecule has 1 saturated heterocycles. The fourth-order valence-electron chi connectivity index (χ4n) is 5.93. The number of fused-ring (bicyclic) bond motifs is 1. The van der Waals surface area contributed by atoms with Gasteiger partial charge in [-0.25, -0.2) is 9.50 Å². The maximum atomic E-state index is 13.1. The molecule has 2 aliphatic rings. The van der Waals surface area contributed by atoms with Crippen LogP contribution in [-0.2, 0) is 9.53 Å². The normalized spacial score (nSPS) is 19.6. The zero-order valence-electron chi connectivity index (χ0n) is 24.1. The molecule has 2 fully saturated rings. The Balaban J connectivity index is 1.10. The molecule has 10 heteroatoms. The van der Waals surface area contributed by atoms with E-state index < -0.39 is 0 Å². The zero-order chi connectivity index (χ0) is 28.6. The van der Waals surface area contributed by atoms with Gasteiger partial charge in [-0.1, -0.05) is 12.8 Å². The van der Waals surface area contributed by atoms with E-state index in [2.05, 4.69) is 20.7 Å². The lowest BCUT2D eigenvalue weighted by molar-refractivity contribution is -0.126. The van der Waals surface area contributed by atoms with Crippen molar-refractivity contribution in [2.24, 2.45) is 11.8 Å². The molecule has 0 bridgehead atoms. The van der Waals surface area contributed by atoms with Crippen LogP contribution in [-0.4, -0.2) is 66.4 Å². The van der Waals surface area contributed by atoms with Crippen LogP contribution in [0.1, 0.15) is 68.3 Å². The summed E-state index contributed by atoms with van der Waals surface area (Å²) in [6, 6.07) is 9.19. The van der Waals surface area contributed by atoms with Gasteiger partial charge in [0.2, 0.25) is 5.91 Å². The van der Waals surface area contributed by atoms with Crippen molar-refractivity contribution in [2.75, 3.05) is 34.0 Å². The van der Waals surface area contributed by atoms with Gasteiger partial charge in [0.05, 0.1) is 19.9 Å². The van der Waals surface area contributed by atoms with Crippen LogP contribution in [0.3, 0.4) is 0 Å². The van der Waals surface area contributed by atoms with Crippen molar-refractivity contribution in [2.45, 2.75) is 63.8 Å². The van der Waals surface area contributed by atoms with Crippen molar-refractivity contribution >= 4 is 17.5 Å². The fourth-order valence-corrected chi connectivity index (χ4v) is 5.93. The van der Waals surface area contributed by atoms with E-state index in [1.165, 1.54) is 19.3 Å². The monoisotopic (exact) mass is 563 g/mol. The number of unbranched alkanes of at least 4 members (excludes halogenated alkanes) is 1. The molecule has 5 rings (SSSR count). The Morgan fingerprint density at radius 1 is 0.976 bits per heavy atom. The molecule has 0 spiro atoms. The largest absolute Gasteiger partial charge is 0.493 e. The molecule has 3 heterocycles. The van der Waals surface area contributed by atoms with Crippen molar-refractivity contribution in [3.8, 4) is 22.8 Å². The third kappa shape index (κ3) is 7.16. The summed E-state index contributed by atoms with van der Waals surface area (Å²) in [6.07, 6.45) is 10.5. The fraction of sp³-hybridized carbons (Fsp3) is 0.548. The number of ether oxygens (including phenoxy) is 3. The summed E-state index contributed by atoms with van der Waals surface area (Å²) in [4.78, 5) is 30.2.